The van der Waals surface area contributed by atoms with Gasteiger partial charge in [0, 0.05) is 82.9 Å². The second-order valence-corrected chi connectivity index (χ2v) is 12.9. The molecule has 1 saturated heterocycles. The normalized spacial score (nSPS) is 14.1. The number of piperazine rings is 1. The van der Waals surface area contributed by atoms with Gasteiger partial charge in [-0.2, -0.15) is 0 Å². The smallest absolute Gasteiger partial charge is 0.328 e. The van der Waals surface area contributed by atoms with Gasteiger partial charge in [0.05, 0.1) is 11.4 Å². The Kier molecular flexibility index (Phi) is 12.8. The van der Waals surface area contributed by atoms with Gasteiger partial charge in [-0.15, -0.1) is 0 Å². The summed E-state index contributed by atoms with van der Waals surface area (Å²) in [6.45, 7) is 7.26. The SMILES string of the molecule is O=C(O)/C=C\C(=O)O.[N-]=[N+]=Nc1ccc2c(c1)Sc1ccccc1N2CCCCN1CCN(Cc2ccc(C(=O)c3ccccc3)cc2)CC1. The molecular weight excluding hydrogens is 653 g/mol. The topological polar surface area (TPSA) is 150 Å². The number of rotatable bonds is 12. The number of fused-ring (bicyclic) bond motifs is 2. The van der Waals surface area contributed by atoms with E-state index in [4.69, 9.17) is 15.7 Å². The Bertz CT molecular complexity index is 1850. The maximum atomic E-state index is 12.7. The molecule has 0 amide bonds. The van der Waals surface area contributed by atoms with Gasteiger partial charge < -0.3 is 20.0 Å². The van der Waals surface area contributed by atoms with Gasteiger partial charge in [-0.3, -0.25) is 9.69 Å². The predicted octanol–water partition coefficient (Wildman–Crippen LogP) is 7.77. The maximum Gasteiger partial charge on any atom is 0.328 e. The molecule has 0 bridgehead atoms. The molecule has 2 heterocycles. The van der Waals surface area contributed by atoms with E-state index < -0.39 is 11.9 Å². The Morgan fingerprint density at radius 2 is 1.32 bits per heavy atom. The third-order valence-electron chi connectivity index (χ3n) is 8.37. The first-order valence-corrected chi connectivity index (χ1v) is 17.1. The number of azide groups is 1. The van der Waals surface area contributed by atoms with Crippen molar-refractivity contribution in [1.82, 2.24) is 9.80 Å². The van der Waals surface area contributed by atoms with E-state index in [1.165, 1.54) is 21.8 Å². The second kappa shape index (κ2) is 17.8. The highest BCUT2D eigenvalue weighted by Gasteiger charge is 2.23. The molecule has 1 fully saturated rings. The summed E-state index contributed by atoms with van der Waals surface area (Å²) in [6, 6.07) is 32.1. The zero-order chi connectivity index (χ0) is 35.3. The van der Waals surface area contributed by atoms with Crippen LogP contribution >= 0.6 is 11.8 Å². The zero-order valence-electron chi connectivity index (χ0n) is 27.5. The molecule has 0 unspecified atom stereocenters. The molecule has 2 aliphatic heterocycles. The van der Waals surface area contributed by atoms with Crippen LogP contribution in [0.2, 0.25) is 0 Å². The summed E-state index contributed by atoms with van der Waals surface area (Å²) in [5.74, 6) is -2.44. The third-order valence-corrected chi connectivity index (χ3v) is 9.48. The van der Waals surface area contributed by atoms with Gasteiger partial charge in [-0.05, 0) is 54.7 Å². The zero-order valence-corrected chi connectivity index (χ0v) is 28.3. The lowest BCUT2D eigenvalue weighted by molar-refractivity contribution is -0.134. The van der Waals surface area contributed by atoms with Gasteiger partial charge in [-0.1, -0.05) is 89.7 Å². The van der Waals surface area contributed by atoms with E-state index in [-0.39, 0.29) is 5.78 Å². The van der Waals surface area contributed by atoms with Gasteiger partial charge in [0.1, 0.15) is 0 Å². The lowest BCUT2D eigenvalue weighted by atomic mass is 10.0. The number of unbranched alkanes of at least 4 members (excludes halogenated alkanes) is 1. The summed E-state index contributed by atoms with van der Waals surface area (Å²) in [5, 5.41) is 19.4. The fourth-order valence-corrected chi connectivity index (χ4v) is 7.00. The van der Waals surface area contributed by atoms with Crippen molar-refractivity contribution in [3.8, 4) is 0 Å². The van der Waals surface area contributed by atoms with E-state index in [0.29, 0.717) is 17.8 Å². The van der Waals surface area contributed by atoms with Gasteiger partial charge in [0.15, 0.2) is 5.78 Å². The number of carboxylic acids is 2. The van der Waals surface area contributed by atoms with Crippen molar-refractivity contribution < 1.29 is 24.6 Å². The minimum atomic E-state index is -1.26. The van der Waals surface area contributed by atoms with E-state index in [1.54, 1.807) is 11.8 Å². The van der Waals surface area contributed by atoms with Crippen molar-refractivity contribution in [2.75, 3.05) is 44.2 Å². The molecule has 12 heteroatoms. The van der Waals surface area contributed by atoms with E-state index in [0.717, 1.165) is 74.7 Å². The van der Waals surface area contributed by atoms with Crippen LogP contribution in [0.4, 0.5) is 17.1 Å². The van der Waals surface area contributed by atoms with Crippen LogP contribution in [0.5, 0.6) is 0 Å². The minimum absolute atomic E-state index is 0.0721. The lowest BCUT2D eigenvalue weighted by Gasteiger charge is -2.35. The molecular formula is C38H38N6O5S. The lowest BCUT2D eigenvalue weighted by Crippen LogP contribution is -2.46. The number of hydrogen-bond donors (Lipinski definition) is 2. The largest absolute Gasteiger partial charge is 0.478 e. The van der Waals surface area contributed by atoms with Crippen LogP contribution in [-0.2, 0) is 16.1 Å². The maximum absolute atomic E-state index is 12.7. The number of carboxylic acid groups (broad SMARTS) is 2. The highest BCUT2D eigenvalue weighted by atomic mass is 32.2. The summed E-state index contributed by atoms with van der Waals surface area (Å²) >= 11 is 1.74. The van der Waals surface area contributed by atoms with Crippen molar-refractivity contribution in [2.24, 2.45) is 5.11 Å². The molecule has 0 aliphatic carbocycles. The standard InChI is InChI=1S/C34H34N6OS.C4H4O4/c35-37-36-29-16-17-31-33(24-29)42-32-11-5-4-10-30(32)40(31)19-7-6-18-38-20-22-39(23-21-38)25-26-12-14-28(15-13-26)34(41)27-8-2-1-3-9-27;5-3(6)1-2-4(7)8/h1-5,8-17,24H,6-7,18-23,25H2;1-2H,(H,5,6)(H,7,8)/b;2-1-. The number of nitrogens with zero attached hydrogens (tertiary/aromatic N) is 6. The van der Waals surface area contributed by atoms with Crippen LogP contribution in [0, 0.1) is 0 Å². The Morgan fingerprint density at radius 3 is 2.00 bits per heavy atom. The molecule has 4 aromatic carbocycles. The number of ketones is 1. The molecule has 11 nitrogen and oxygen atoms in total. The highest BCUT2D eigenvalue weighted by Crippen LogP contribution is 2.49. The Balaban J connectivity index is 0.000000544. The van der Waals surface area contributed by atoms with Crippen molar-refractivity contribution >= 4 is 46.5 Å². The quantitative estimate of drug-likeness (QED) is 0.0379. The molecule has 2 N–H and O–H groups in total. The molecule has 6 rings (SSSR count). The number of anilines is 2. The number of carbonyl (C=O) groups is 3. The first-order chi connectivity index (χ1) is 24.3. The molecule has 0 aromatic heterocycles. The van der Waals surface area contributed by atoms with Crippen LogP contribution < -0.4 is 4.90 Å². The summed E-state index contributed by atoms with van der Waals surface area (Å²) in [4.78, 5) is 44.6. The summed E-state index contributed by atoms with van der Waals surface area (Å²) in [6.07, 6.45) is 3.37. The minimum Gasteiger partial charge on any atom is -0.478 e. The van der Waals surface area contributed by atoms with Crippen LogP contribution in [0.25, 0.3) is 10.4 Å². The van der Waals surface area contributed by atoms with Gasteiger partial charge in [0.2, 0.25) is 0 Å². The summed E-state index contributed by atoms with van der Waals surface area (Å²) in [5.41, 5.74) is 14.6. The highest BCUT2D eigenvalue weighted by molar-refractivity contribution is 7.99. The van der Waals surface area contributed by atoms with Gasteiger partial charge in [-0.25, -0.2) is 9.59 Å². The number of para-hydroxylation sites is 1. The van der Waals surface area contributed by atoms with Crippen LogP contribution in [0.1, 0.15) is 34.3 Å². The van der Waals surface area contributed by atoms with Gasteiger partial charge in [0.25, 0.3) is 0 Å². The van der Waals surface area contributed by atoms with E-state index >= 15 is 0 Å². The Hall–Kier alpha value is -5.39. The average molecular weight is 691 g/mol. The number of benzene rings is 4. The van der Waals surface area contributed by atoms with Crippen molar-refractivity contribution in [3.63, 3.8) is 0 Å². The molecule has 0 spiro atoms. The molecule has 0 atom stereocenters. The van der Waals surface area contributed by atoms with Crippen molar-refractivity contribution in [2.45, 2.75) is 29.2 Å². The van der Waals surface area contributed by atoms with Crippen LogP contribution in [0.3, 0.4) is 0 Å². The first-order valence-electron chi connectivity index (χ1n) is 16.3. The first kappa shape index (κ1) is 35.9. The number of hydrogen-bond acceptors (Lipinski definition) is 8. The fourth-order valence-electron chi connectivity index (χ4n) is 5.87. The fraction of sp³-hybridized carbons (Fsp3) is 0.237. The Labute approximate surface area is 295 Å². The van der Waals surface area contributed by atoms with Crippen molar-refractivity contribution in [1.29, 1.82) is 0 Å². The average Bonchev–Trinajstić information content (AvgIpc) is 3.13. The predicted molar refractivity (Wildman–Crippen MR) is 194 cm³/mol. The summed E-state index contributed by atoms with van der Waals surface area (Å²) < 4.78 is 0. The third kappa shape index (κ3) is 10.1. The summed E-state index contributed by atoms with van der Waals surface area (Å²) in [7, 11) is 0. The molecule has 0 radical (unpaired) electrons. The molecule has 2 aliphatic rings. The van der Waals surface area contributed by atoms with Gasteiger partial charge >= 0.3 is 11.9 Å². The molecule has 4 aromatic rings. The molecule has 256 valence electrons. The molecule has 0 saturated carbocycles. The monoisotopic (exact) mass is 690 g/mol. The van der Waals surface area contributed by atoms with E-state index in [9.17, 15) is 14.4 Å². The Morgan fingerprint density at radius 1 is 0.720 bits per heavy atom. The second-order valence-electron chi connectivity index (χ2n) is 11.8. The molecule has 50 heavy (non-hydrogen) atoms. The van der Waals surface area contributed by atoms with Crippen LogP contribution in [0.15, 0.2) is 124 Å². The number of aliphatic carboxylic acids is 2. The van der Waals surface area contributed by atoms with E-state index in [1.807, 2.05) is 54.6 Å². The van der Waals surface area contributed by atoms with E-state index in [2.05, 4.69) is 67.2 Å². The van der Waals surface area contributed by atoms with Crippen molar-refractivity contribution in [3.05, 3.63) is 136 Å². The number of carbonyl (C=O) groups excluding carboxylic acids is 1. The van der Waals surface area contributed by atoms with Crippen LogP contribution in [-0.4, -0.2) is 77.0 Å².